The van der Waals surface area contributed by atoms with Crippen molar-refractivity contribution >= 4 is 33.4 Å². The average Bonchev–Trinajstić information content (AvgIpc) is 2.49. The lowest BCUT2D eigenvalue weighted by atomic mass is 10.5. The van der Waals surface area contributed by atoms with E-state index in [9.17, 15) is 0 Å². The van der Waals surface area contributed by atoms with Gasteiger partial charge in [0.1, 0.15) is 0 Å². The molecule has 0 radical (unpaired) electrons. The average molecular weight is 371 g/mol. The molecular formula is C20H42SSi2. The van der Waals surface area contributed by atoms with E-state index in [0.29, 0.717) is 0 Å². The van der Waals surface area contributed by atoms with Gasteiger partial charge < -0.3 is 0 Å². The molecule has 0 nitrogen and oxygen atoms in total. The summed E-state index contributed by atoms with van der Waals surface area (Å²) in [5.41, 5.74) is 0. The van der Waals surface area contributed by atoms with Crippen LogP contribution in [0.5, 0.6) is 0 Å². The van der Waals surface area contributed by atoms with Crippen LogP contribution in [0.15, 0.2) is 4.82 Å². The Morgan fingerprint density at radius 2 is 0.783 bits per heavy atom. The Balaban J connectivity index is 6.10. The number of hydrogen-bond donors (Lipinski definition) is 0. The van der Waals surface area contributed by atoms with Gasteiger partial charge in [0.2, 0.25) is 0 Å². The summed E-state index contributed by atoms with van der Waals surface area (Å²) < 4.78 is 0. The summed E-state index contributed by atoms with van der Waals surface area (Å²) in [5.74, 6) is 0. The second kappa shape index (κ2) is 12.6. The molecule has 136 valence electrons. The van der Waals surface area contributed by atoms with Crippen molar-refractivity contribution in [2.24, 2.45) is 0 Å². The first-order valence-corrected chi connectivity index (χ1v) is 16.0. The highest BCUT2D eigenvalue weighted by molar-refractivity contribution is 7.78. The van der Waals surface area contributed by atoms with E-state index in [4.69, 9.17) is 12.2 Å². The summed E-state index contributed by atoms with van der Waals surface area (Å²) in [4.78, 5) is 1.82. The SMILES string of the molecule is CCC[Si](CCC)(CCC)C(=C=S)[Si](CCC)(CCC)CCC. The summed E-state index contributed by atoms with van der Waals surface area (Å²) >= 11 is 5.64. The van der Waals surface area contributed by atoms with E-state index in [-0.39, 0.29) is 0 Å². The minimum absolute atomic E-state index is 1.33. The Hall–Kier alpha value is 0.304. The number of rotatable bonds is 14. The second-order valence-electron chi connectivity index (χ2n) is 7.54. The zero-order valence-electron chi connectivity index (χ0n) is 16.9. The zero-order valence-corrected chi connectivity index (χ0v) is 19.7. The standard InChI is InChI=1S/C20H42SSi2/c1-7-13-22(14-8-2,15-9-3)20(19-21)23(16-10-4,17-11-5)18-12-6/h7-18H2,1-6H3. The summed E-state index contributed by atoms with van der Waals surface area (Å²) in [6.45, 7) is 14.3. The van der Waals surface area contributed by atoms with E-state index in [2.05, 4.69) is 46.6 Å². The molecule has 0 fully saturated rings. The van der Waals surface area contributed by atoms with Crippen molar-refractivity contribution in [1.29, 1.82) is 0 Å². The minimum Gasteiger partial charge on any atom is -0.0656 e. The quantitative estimate of drug-likeness (QED) is 0.221. The molecule has 0 bridgehead atoms. The summed E-state index contributed by atoms with van der Waals surface area (Å²) in [5, 5.41) is 3.52. The maximum absolute atomic E-state index is 5.64. The molecule has 3 heteroatoms. The van der Waals surface area contributed by atoms with Gasteiger partial charge in [-0.15, -0.1) is 0 Å². The summed E-state index contributed by atoms with van der Waals surface area (Å²) in [7, 11) is -2.82. The zero-order chi connectivity index (χ0) is 17.8. The van der Waals surface area contributed by atoms with Gasteiger partial charge in [0.15, 0.2) is 0 Å². The van der Waals surface area contributed by atoms with Gasteiger partial charge in [0.25, 0.3) is 0 Å². The molecule has 0 aliphatic rings. The van der Waals surface area contributed by atoms with Gasteiger partial charge in [0, 0.05) is 0 Å². The van der Waals surface area contributed by atoms with Crippen molar-refractivity contribution < 1.29 is 0 Å². The van der Waals surface area contributed by atoms with Crippen LogP contribution >= 0.6 is 12.2 Å². The topological polar surface area (TPSA) is 0 Å². The van der Waals surface area contributed by atoms with E-state index in [0.717, 1.165) is 0 Å². The Kier molecular flexibility index (Phi) is 12.8. The molecule has 0 aliphatic heterocycles. The molecular weight excluding hydrogens is 328 g/mol. The third-order valence-electron chi connectivity index (χ3n) is 5.53. The molecule has 0 atom stereocenters. The Morgan fingerprint density at radius 3 is 0.913 bits per heavy atom. The smallest absolute Gasteiger partial charge is 0.0656 e. The van der Waals surface area contributed by atoms with Crippen molar-refractivity contribution in [3.63, 3.8) is 0 Å². The lowest BCUT2D eigenvalue weighted by Gasteiger charge is -2.44. The maximum Gasteiger partial charge on any atom is 0.0875 e. The molecule has 0 aromatic carbocycles. The fourth-order valence-corrected chi connectivity index (χ4v) is 22.4. The van der Waals surface area contributed by atoms with Gasteiger partial charge in [0.05, 0.1) is 16.1 Å². The molecule has 0 unspecified atom stereocenters. The van der Waals surface area contributed by atoms with Gasteiger partial charge >= 0.3 is 0 Å². The predicted molar refractivity (Wildman–Crippen MR) is 118 cm³/mol. The van der Waals surface area contributed by atoms with Crippen molar-refractivity contribution in [2.75, 3.05) is 0 Å². The van der Waals surface area contributed by atoms with Gasteiger partial charge in [-0.05, 0) is 17.0 Å². The van der Waals surface area contributed by atoms with Crippen LogP contribution in [0.25, 0.3) is 0 Å². The third kappa shape index (κ3) is 6.27. The van der Waals surface area contributed by atoms with Crippen molar-refractivity contribution in [2.45, 2.75) is 116 Å². The molecule has 0 aromatic heterocycles. The van der Waals surface area contributed by atoms with E-state index >= 15 is 0 Å². The first-order chi connectivity index (χ1) is 11.1. The van der Waals surface area contributed by atoms with Crippen molar-refractivity contribution in [1.82, 2.24) is 0 Å². The van der Waals surface area contributed by atoms with Crippen LogP contribution in [0.3, 0.4) is 0 Å². The maximum atomic E-state index is 5.64. The molecule has 0 saturated carbocycles. The highest BCUT2D eigenvalue weighted by Crippen LogP contribution is 2.43. The largest absolute Gasteiger partial charge is 0.0875 e. The minimum atomic E-state index is -1.41. The Labute approximate surface area is 154 Å². The van der Waals surface area contributed by atoms with Crippen LogP contribution in [-0.4, -0.2) is 21.2 Å². The van der Waals surface area contributed by atoms with E-state index in [1.54, 1.807) is 0 Å². The van der Waals surface area contributed by atoms with Crippen LogP contribution in [0.4, 0.5) is 0 Å². The first kappa shape index (κ1) is 23.3. The van der Waals surface area contributed by atoms with Crippen LogP contribution in [0, 0.1) is 0 Å². The fraction of sp³-hybridized carbons (Fsp3) is 0.900. The molecule has 23 heavy (non-hydrogen) atoms. The van der Waals surface area contributed by atoms with E-state index in [1.165, 1.54) is 74.8 Å². The molecule has 0 amide bonds. The molecule has 0 aliphatic carbocycles. The normalized spacial score (nSPS) is 12.3. The molecule has 0 heterocycles. The Morgan fingerprint density at radius 1 is 0.565 bits per heavy atom. The fourth-order valence-electron chi connectivity index (χ4n) is 5.15. The Bertz CT molecular complexity index is 297. The van der Waals surface area contributed by atoms with Gasteiger partial charge in [-0.1, -0.05) is 121 Å². The van der Waals surface area contributed by atoms with E-state index in [1.807, 2.05) is 4.82 Å². The van der Waals surface area contributed by atoms with Crippen LogP contribution in [-0.2, 0) is 0 Å². The van der Waals surface area contributed by atoms with Gasteiger partial charge in [-0.2, -0.15) is 0 Å². The van der Waals surface area contributed by atoms with Gasteiger partial charge in [-0.25, -0.2) is 0 Å². The number of hydrogen-bond acceptors (Lipinski definition) is 1. The molecule has 0 saturated heterocycles. The molecule has 0 rings (SSSR count). The van der Waals surface area contributed by atoms with Crippen LogP contribution in [0.1, 0.15) is 80.1 Å². The lowest BCUT2D eigenvalue weighted by Crippen LogP contribution is -2.51. The second-order valence-corrected chi connectivity index (χ2v) is 17.4. The summed E-state index contributed by atoms with van der Waals surface area (Å²) in [6.07, 6.45) is 8.01. The third-order valence-corrected chi connectivity index (χ3v) is 20.4. The van der Waals surface area contributed by atoms with Crippen LogP contribution in [0.2, 0.25) is 36.3 Å². The van der Waals surface area contributed by atoms with Crippen molar-refractivity contribution in [3.05, 3.63) is 4.82 Å². The van der Waals surface area contributed by atoms with Crippen molar-refractivity contribution in [3.8, 4) is 0 Å². The molecule has 0 aromatic rings. The predicted octanol–water partition coefficient (Wildman–Crippen LogP) is 7.95. The number of thiocarbonyl (C=S) groups is 1. The highest BCUT2D eigenvalue weighted by atomic mass is 32.1. The van der Waals surface area contributed by atoms with E-state index < -0.39 is 16.1 Å². The summed E-state index contributed by atoms with van der Waals surface area (Å²) in [6, 6.07) is 8.75. The molecule has 0 N–H and O–H groups in total. The first-order valence-electron chi connectivity index (χ1n) is 10.3. The monoisotopic (exact) mass is 370 g/mol. The lowest BCUT2D eigenvalue weighted by molar-refractivity contribution is 0.913. The highest BCUT2D eigenvalue weighted by Gasteiger charge is 2.46. The van der Waals surface area contributed by atoms with Gasteiger partial charge in [-0.3, -0.25) is 0 Å². The van der Waals surface area contributed by atoms with Crippen LogP contribution < -0.4 is 0 Å². The molecule has 0 spiro atoms.